The Kier molecular flexibility index (Phi) is 7.78. The lowest BCUT2D eigenvalue weighted by Crippen LogP contribution is -2.13. The number of aliphatic hydroxyl groups is 1. The number of carbonyl (C=O) groups excluding carboxylic acids is 1. The highest BCUT2D eigenvalue weighted by Gasteiger charge is 2.16. The quantitative estimate of drug-likeness (QED) is 0.150. The normalized spacial score (nSPS) is 11.6. The van der Waals surface area contributed by atoms with Gasteiger partial charge >= 0.3 is 0 Å². The first-order chi connectivity index (χ1) is 19.3. The SMILES string of the molecule is O=C(/C=C/CO)Nc1ccc(S(=O)(=O)Nc2cccc(Nc3ncc(Cl)c(-c4c[nH]c5ccccc45)n3)c2)cc1. The van der Waals surface area contributed by atoms with Crippen LogP contribution in [0.2, 0.25) is 5.02 Å². The molecule has 40 heavy (non-hydrogen) atoms. The fourth-order valence-corrected chi connectivity index (χ4v) is 5.19. The van der Waals surface area contributed by atoms with Crippen molar-refractivity contribution in [2.75, 3.05) is 22.0 Å². The number of fused-ring (bicyclic) bond motifs is 1. The average Bonchev–Trinajstić information content (AvgIpc) is 3.37. The van der Waals surface area contributed by atoms with Gasteiger partial charge in [-0.2, -0.15) is 0 Å². The maximum absolute atomic E-state index is 13.0. The van der Waals surface area contributed by atoms with E-state index in [1.807, 2.05) is 30.5 Å². The molecular weight excluding hydrogens is 552 g/mol. The highest BCUT2D eigenvalue weighted by Crippen LogP contribution is 2.33. The number of aromatic nitrogens is 3. The third-order valence-corrected chi connectivity index (χ3v) is 7.44. The van der Waals surface area contributed by atoms with Gasteiger partial charge in [-0.05, 0) is 48.5 Å². The zero-order chi connectivity index (χ0) is 28.1. The molecule has 0 saturated carbocycles. The van der Waals surface area contributed by atoms with Crippen LogP contribution < -0.4 is 15.4 Å². The van der Waals surface area contributed by atoms with Gasteiger partial charge in [0.2, 0.25) is 11.9 Å². The van der Waals surface area contributed by atoms with Crippen LogP contribution in [-0.2, 0) is 14.8 Å². The number of aliphatic hydroxyl groups excluding tert-OH is 1. The Hall–Kier alpha value is -4.71. The number of sulfonamides is 1. The highest BCUT2D eigenvalue weighted by atomic mass is 35.5. The Morgan fingerprint density at radius 3 is 2.58 bits per heavy atom. The van der Waals surface area contributed by atoms with Crippen molar-refractivity contribution in [3.05, 3.63) is 102 Å². The van der Waals surface area contributed by atoms with E-state index in [9.17, 15) is 13.2 Å². The molecular formula is C28H23ClN6O4S. The molecule has 12 heteroatoms. The number of H-pyrrole nitrogens is 1. The number of anilines is 4. The van der Waals surface area contributed by atoms with Crippen molar-refractivity contribution in [3.8, 4) is 11.3 Å². The lowest BCUT2D eigenvalue weighted by Gasteiger charge is -2.12. The van der Waals surface area contributed by atoms with Crippen molar-refractivity contribution in [1.29, 1.82) is 0 Å². The molecule has 0 bridgehead atoms. The third kappa shape index (κ3) is 6.12. The van der Waals surface area contributed by atoms with Crippen LogP contribution in [0.15, 0.2) is 102 Å². The van der Waals surface area contributed by atoms with Crippen molar-refractivity contribution in [3.63, 3.8) is 0 Å². The summed E-state index contributed by atoms with van der Waals surface area (Å²) < 4.78 is 28.5. The number of hydrogen-bond donors (Lipinski definition) is 5. The van der Waals surface area contributed by atoms with E-state index in [0.717, 1.165) is 16.5 Å². The molecule has 2 heterocycles. The molecule has 0 fully saturated rings. The molecule has 5 aromatic rings. The van der Waals surface area contributed by atoms with E-state index in [-0.39, 0.29) is 17.5 Å². The van der Waals surface area contributed by atoms with Crippen molar-refractivity contribution in [2.24, 2.45) is 0 Å². The number of benzene rings is 3. The van der Waals surface area contributed by atoms with Crippen molar-refractivity contribution in [1.82, 2.24) is 15.0 Å². The summed E-state index contributed by atoms with van der Waals surface area (Å²) in [4.78, 5) is 23.8. The van der Waals surface area contributed by atoms with Gasteiger partial charge in [0.05, 0.1) is 34.1 Å². The molecule has 0 saturated heterocycles. The number of para-hydroxylation sites is 1. The number of halogens is 1. The largest absolute Gasteiger partial charge is 0.392 e. The fraction of sp³-hybridized carbons (Fsp3) is 0.0357. The lowest BCUT2D eigenvalue weighted by molar-refractivity contribution is -0.111. The first-order valence-electron chi connectivity index (χ1n) is 12.0. The summed E-state index contributed by atoms with van der Waals surface area (Å²) in [5.41, 5.74) is 3.63. The van der Waals surface area contributed by atoms with Crippen molar-refractivity contribution in [2.45, 2.75) is 4.90 Å². The maximum atomic E-state index is 13.0. The van der Waals surface area contributed by atoms with Crippen LogP contribution >= 0.6 is 11.6 Å². The number of hydrogen-bond acceptors (Lipinski definition) is 7. The first kappa shape index (κ1) is 26.9. The number of amides is 1. The van der Waals surface area contributed by atoms with Gasteiger partial charge in [0.1, 0.15) is 0 Å². The molecule has 0 aliphatic heterocycles. The van der Waals surface area contributed by atoms with E-state index in [0.29, 0.717) is 27.8 Å². The van der Waals surface area contributed by atoms with Crippen molar-refractivity contribution >= 4 is 61.4 Å². The summed E-state index contributed by atoms with van der Waals surface area (Å²) in [6.45, 7) is -0.258. The second-order valence-corrected chi connectivity index (χ2v) is 10.6. The molecule has 0 spiro atoms. The van der Waals surface area contributed by atoms with Crippen LogP contribution in [0.4, 0.5) is 23.0 Å². The van der Waals surface area contributed by atoms with E-state index in [2.05, 4.69) is 30.3 Å². The van der Waals surface area contributed by atoms with Gasteiger partial charge in [-0.25, -0.2) is 18.4 Å². The van der Waals surface area contributed by atoms with E-state index in [1.54, 1.807) is 24.3 Å². The highest BCUT2D eigenvalue weighted by molar-refractivity contribution is 7.92. The molecule has 0 aliphatic rings. The van der Waals surface area contributed by atoms with Gasteiger partial charge in [0.25, 0.3) is 10.0 Å². The van der Waals surface area contributed by atoms with Crippen LogP contribution in [-0.4, -0.2) is 41.0 Å². The molecule has 5 rings (SSSR count). The van der Waals surface area contributed by atoms with Crippen LogP contribution in [0.1, 0.15) is 0 Å². The van der Waals surface area contributed by atoms with E-state index < -0.39 is 15.9 Å². The smallest absolute Gasteiger partial charge is 0.261 e. The van der Waals surface area contributed by atoms with E-state index in [1.165, 1.54) is 42.6 Å². The molecule has 0 unspecified atom stereocenters. The Morgan fingerprint density at radius 2 is 1.77 bits per heavy atom. The zero-order valence-corrected chi connectivity index (χ0v) is 22.4. The van der Waals surface area contributed by atoms with Gasteiger partial charge in [0, 0.05) is 40.1 Å². The number of rotatable bonds is 9. The lowest BCUT2D eigenvalue weighted by atomic mass is 10.1. The van der Waals surface area contributed by atoms with Crippen molar-refractivity contribution < 1.29 is 18.3 Å². The van der Waals surface area contributed by atoms with E-state index >= 15 is 0 Å². The number of nitrogens with zero attached hydrogens (tertiary/aromatic N) is 2. The molecule has 202 valence electrons. The summed E-state index contributed by atoms with van der Waals surface area (Å²) in [6.07, 6.45) is 5.83. The van der Waals surface area contributed by atoms with Gasteiger partial charge in [-0.1, -0.05) is 41.9 Å². The molecule has 3 aromatic carbocycles. The zero-order valence-electron chi connectivity index (χ0n) is 20.8. The minimum absolute atomic E-state index is 0.0131. The number of nitrogens with one attached hydrogen (secondary N) is 4. The summed E-state index contributed by atoms with van der Waals surface area (Å²) in [7, 11) is -3.91. The fourth-order valence-electron chi connectivity index (χ4n) is 3.95. The molecule has 0 aliphatic carbocycles. The van der Waals surface area contributed by atoms with Crippen LogP contribution in [0.5, 0.6) is 0 Å². The number of aromatic amines is 1. The second kappa shape index (κ2) is 11.6. The first-order valence-corrected chi connectivity index (χ1v) is 13.9. The van der Waals surface area contributed by atoms with Crippen LogP contribution in [0, 0.1) is 0 Å². The predicted octanol–water partition coefficient (Wildman–Crippen LogP) is 5.31. The Morgan fingerprint density at radius 1 is 1.00 bits per heavy atom. The molecule has 2 aromatic heterocycles. The molecule has 0 radical (unpaired) electrons. The Labute approximate surface area is 234 Å². The van der Waals surface area contributed by atoms with Gasteiger partial charge in [0.15, 0.2) is 0 Å². The molecule has 10 nitrogen and oxygen atoms in total. The van der Waals surface area contributed by atoms with Gasteiger partial charge < -0.3 is 20.7 Å². The summed E-state index contributed by atoms with van der Waals surface area (Å²) in [5, 5.41) is 15.8. The summed E-state index contributed by atoms with van der Waals surface area (Å²) >= 11 is 6.43. The number of carbonyl (C=O) groups is 1. The van der Waals surface area contributed by atoms with Crippen LogP contribution in [0.3, 0.4) is 0 Å². The maximum Gasteiger partial charge on any atom is 0.261 e. The average molecular weight is 575 g/mol. The topological polar surface area (TPSA) is 149 Å². The minimum Gasteiger partial charge on any atom is -0.392 e. The second-order valence-electron chi connectivity index (χ2n) is 8.55. The molecule has 5 N–H and O–H groups in total. The summed E-state index contributed by atoms with van der Waals surface area (Å²) in [6, 6.07) is 20.2. The Bertz CT molecular complexity index is 1820. The minimum atomic E-state index is -3.91. The standard InChI is InChI=1S/C28H23ClN6O4S/c29-24-17-31-28(34-27(24)23-16-30-25-8-2-1-7-22(23)25)33-19-5-3-6-20(15-19)35-40(38,39)21-12-10-18(11-13-21)32-26(37)9-4-14-36/h1-13,15-17,30,35-36H,14H2,(H,32,37)(H,31,33,34)/b9-4+. The Balaban J connectivity index is 1.31. The molecule has 0 atom stereocenters. The van der Waals surface area contributed by atoms with Crippen LogP contribution in [0.25, 0.3) is 22.2 Å². The predicted molar refractivity (Wildman–Crippen MR) is 156 cm³/mol. The van der Waals surface area contributed by atoms with E-state index in [4.69, 9.17) is 16.7 Å². The molecule has 1 amide bonds. The van der Waals surface area contributed by atoms with Gasteiger partial charge in [-0.15, -0.1) is 0 Å². The monoisotopic (exact) mass is 574 g/mol. The summed E-state index contributed by atoms with van der Waals surface area (Å²) in [5.74, 6) is -0.151. The third-order valence-electron chi connectivity index (χ3n) is 5.77. The van der Waals surface area contributed by atoms with Gasteiger partial charge in [-0.3, -0.25) is 9.52 Å².